The van der Waals surface area contributed by atoms with Crippen molar-refractivity contribution in [3.8, 4) is 5.75 Å². The zero-order valence-electron chi connectivity index (χ0n) is 10.4. The van der Waals surface area contributed by atoms with E-state index in [-0.39, 0.29) is 0 Å². The SMILES string of the molecule is CCCCCCOc1cccc(C=CC=O)c1. The number of allylic oxidation sites excluding steroid dienone is 1. The number of hydrogen-bond acceptors (Lipinski definition) is 2. The molecule has 92 valence electrons. The first kappa shape index (κ1) is 13.5. The predicted octanol–water partition coefficient (Wildman–Crippen LogP) is 3.86. The summed E-state index contributed by atoms with van der Waals surface area (Å²) in [5.41, 5.74) is 0.989. The average Bonchev–Trinajstić information content (AvgIpc) is 2.37. The molecule has 0 aromatic heterocycles. The highest BCUT2D eigenvalue weighted by Crippen LogP contribution is 2.15. The van der Waals surface area contributed by atoms with Crippen molar-refractivity contribution in [1.29, 1.82) is 0 Å². The highest BCUT2D eigenvalue weighted by molar-refractivity contribution is 5.74. The molecule has 0 radical (unpaired) electrons. The number of rotatable bonds is 8. The van der Waals surface area contributed by atoms with Crippen LogP contribution in [0.25, 0.3) is 6.08 Å². The molecule has 0 fully saturated rings. The fourth-order valence-electron chi connectivity index (χ4n) is 1.58. The zero-order valence-corrected chi connectivity index (χ0v) is 10.4. The number of carbonyl (C=O) groups is 1. The molecule has 1 rings (SSSR count). The Labute approximate surface area is 103 Å². The van der Waals surface area contributed by atoms with Gasteiger partial charge >= 0.3 is 0 Å². The maximum absolute atomic E-state index is 10.2. The van der Waals surface area contributed by atoms with Gasteiger partial charge in [-0.2, -0.15) is 0 Å². The minimum atomic E-state index is 0.765. The Bertz CT molecular complexity index is 356. The van der Waals surface area contributed by atoms with Gasteiger partial charge in [0.2, 0.25) is 0 Å². The Kier molecular flexibility index (Phi) is 6.80. The lowest BCUT2D eigenvalue weighted by atomic mass is 10.2. The third kappa shape index (κ3) is 5.91. The lowest BCUT2D eigenvalue weighted by molar-refractivity contribution is -0.104. The monoisotopic (exact) mass is 232 g/mol. The largest absolute Gasteiger partial charge is 0.494 e. The Morgan fingerprint density at radius 2 is 2.12 bits per heavy atom. The van der Waals surface area contributed by atoms with Gasteiger partial charge in [-0.3, -0.25) is 4.79 Å². The number of unbranched alkanes of at least 4 members (excludes halogenated alkanes) is 3. The van der Waals surface area contributed by atoms with E-state index in [0.29, 0.717) is 0 Å². The van der Waals surface area contributed by atoms with E-state index in [0.717, 1.165) is 30.6 Å². The first-order valence-electron chi connectivity index (χ1n) is 6.21. The van der Waals surface area contributed by atoms with Gasteiger partial charge in [0.25, 0.3) is 0 Å². The van der Waals surface area contributed by atoms with E-state index < -0.39 is 0 Å². The number of benzene rings is 1. The van der Waals surface area contributed by atoms with Crippen LogP contribution in [0.3, 0.4) is 0 Å². The Morgan fingerprint density at radius 1 is 1.24 bits per heavy atom. The van der Waals surface area contributed by atoms with Crippen molar-refractivity contribution >= 4 is 12.4 Å². The van der Waals surface area contributed by atoms with E-state index in [1.165, 1.54) is 25.3 Å². The van der Waals surface area contributed by atoms with Crippen LogP contribution in [0, 0.1) is 0 Å². The molecule has 0 bridgehead atoms. The van der Waals surface area contributed by atoms with Crippen molar-refractivity contribution in [2.75, 3.05) is 6.61 Å². The Hall–Kier alpha value is -1.57. The predicted molar refractivity (Wildman–Crippen MR) is 71.2 cm³/mol. The molecule has 2 heteroatoms. The lowest BCUT2D eigenvalue weighted by Crippen LogP contribution is -1.97. The summed E-state index contributed by atoms with van der Waals surface area (Å²) in [5, 5.41) is 0. The summed E-state index contributed by atoms with van der Waals surface area (Å²) in [5.74, 6) is 0.870. The van der Waals surface area contributed by atoms with Crippen LogP contribution in [-0.2, 0) is 4.79 Å². The van der Waals surface area contributed by atoms with Gasteiger partial charge in [0, 0.05) is 0 Å². The van der Waals surface area contributed by atoms with Gasteiger partial charge in [-0.15, -0.1) is 0 Å². The third-order valence-corrected chi connectivity index (χ3v) is 2.49. The van der Waals surface area contributed by atoms with Crippen LogP contribution in [0.5, 0.6) is 5.75 Å². The molecule has 0 spiro atoms. The minimum absolute atomic E-state index is 0.765. The van der Waals surface area contributed by atoms with E-state index in [1.807, 2.05) is 24.3 Å². The maximum atomic E-state index is 10.2. The van der Waals surface area contributed by atoms with Crippen LogP contribution in [-0.4, -0.2) is 12.9 Å². The van der Waals surface area contributed by atoms with Crippen molar-refractivity contribution in [3.05, 3.63) is 35.9 Å². The van der Waals surface area contributed by atoms with Crippen molar-refractivity contribution < 1.29 is 9.53 Å². The molecule has 0 amide bonds. The van der Waals surface area contributed by atoms with Gasteiger partial charge in [0.05, 0.1) is 6.61 Å². The Balaban J connectivity index is 2.37. The summed E-state index contributed by atoms with van der Waals surface area (Å²) >= 11 is 0. The third-order valence-electron chi connectivity index (χ3n) is 2.49. The van der Waals surface area contributed by atoms with E-state index in [9.17, 15) is 4.79 Å². The van der Waals surface area contributed by atoms with E-state index in [2.05, 4.69) is 6.92 Å². The number of aldehydes is 1. The summed E-state index contributed by atoms with van der Waals surface area (Å²) in [4.78, 5) is 10.2. The van der Waals surface area contributed by atoms with Crippen molar-refractivity contribution in [2.24, 2.45) is 0 Å². The van der Waals surface area contributed by atoms with Crippen LogP contribution >= 0.6 is 0 Å². The van der Waals surface area contributed by atoms with Gasteiger partial charge in [-0.05, 0) is 30.2 Å². The van der Waals surface area contributed by atoms with E-state index >= 15 is 0 Å². The van der Waals surface area contributed by atoms with E-state index in [1.54, 1.807) is 6.08 Å². The van der Waals surface area contributed by atoms with Gasteiger partial charge < -0.3 is 4.74 Å². The normalized spacial score (nSPS) is 10.6. The van der Waals surface area contributed by atoms with Crippen molar-refractivity contribution in [2.45, 2.75) is 32.6 Å². The van der Waals surface area contributed by atoms with Crippen LogP contribution in [0.2, 0.25) is 0 Å². The second-order valence-electron chi connectivity index (χ2n) is 3.98. The number of hydrogen-bond donors (Lipinski definition) is 0. The van der Waals surface area contributed by atoms with Crippen LogP contribution in [0.4, 0.5) is 0 Å². The molecular weight excluding hydrogens is 212 g/mol. The maximum Gasteiger partial charge on any atom is 0.142 e. The first-order chi connectivity index (χ1) is 8.36. The van der Waals surface area contributed by atoms with Gasteiger partial charge in [0.15, 0.2) is 0 Å². The van der Waals surface area contributed by atoms with Gasteiger partial charge in [0.1, 0.15) is 12.0 Å². The van der Waals surface area contributed by atoms with Gasteiger partial charge in [-0.25, -0.2) is 0 Å². The molecule has 0 aliphatic carbocycles. The molecule has 0 saturated carbocycles. The second kappa shape index (κ2) is 8.57. The fraction of sp³-hybridized carbons (Fsp3) is 0.400. The first-order valence-corrected chi connectivity index (χ1v) is 6.21. The summed E-state index contributed by atoms with van der Waals surface area (Å²) < 4.78 is 5.65. The molecule has 0 saturated heterocycles. The highest BCUT2D eigenvalue weighted by atomic mass is 16.5. The molecule has 2 nitrogen and oxygen atoms in total. The topological polar surface area (TPSA) is 26.3 Å². The molecule has 1 aromatic carbocycles. The molecule has 17 heavy (non-hydrogen) atoms. The van der Waals surface area contributed by atoms with Crippen LogP contribution in [0.15, 0.2) is 30.3 Å². The number of carbonyl (C=O) groups excluding carboxylic acids is 1. The molecule has 0 atom stereocenters. The molecule has 0 heterocycles. The lowest BCUT2D eigenvalue weighted by Gasteiger charge is -2.06. The number of ether oxygens (including phenoxy) is 1. The summed E-state index contributed by atoms with van der Waals surface area (Å²) in [6.07, 6.45) is 8.87. The molecule has 0 aliphatic rings. The molecule has 0 unspecified atom stereocenters. The summed E-state index contributed by atoms with van der Waals surface area (Å²) in [7, 11) is 0. The highest BCUT2D eigenvalue weighted by Gasteiger charge is 1.94. The fourth-order valence-corrected chi connectivity index (χ4v) is 1.58. The second-order valence-corrected chi connectivity index (χ2v) is 3.98. The van der Waals surface area contributed by atoms with Crippen molar-refractivity contribution in [3.63, 3.8) is 0 Å². The average molecular weight is 232 g/mol. The van der Waals surface area contributed by atoms with Crippen LogP contribution < -0.4 is 4.74 Å². The summed E-state index contributed by atoms with van der Waals surface area (Å²) in [6, 6.07) is 7.77. The van der Waals surface area contributed by atoms with Gasteiger partial charge in [-0.1, -0.05) is 44.4 Å². The standard InChI is InChI=1S/C15H20O2/c1-2-3-4-5-12-17-15-10-6-8-14(13-15)9-7-11-16/h6-11,13H,2-5,12H2,1H3. The van der Waals surface area contributed by atoms with E-state index in [4.69, 9.17) is 4.74 Å². The van der Waals surface area contributed by atoms with Crippen molar-refractivity contribution in [1.82, 2.24) is 0 Å². The van der Waals surface area contributed by atoms with Crippen LogP contribution in [0.1, 0.15) is 38.2 Å². The molecule has 0 aliphatic heterocycles. The Morgan fingerprint density at radius 3 is 2.88 bits per heavy atom. The minimum Gasteiger partial charge on any atom is -0.494 e. The molecular formula is C15H20O2. The molecule has 1 aromatic rings. The summed E-state index contributed by atoms with van der Waals surface area (Å²) in [6.45, 7) is 2.96. The molecule has 0 N–H and O–H groups in total. The quantitative estimate of drug-likeness (QED) is 0.386. The smallest absolute Gasteiger partial charge is 0.142 e. The zero-order chi connectivity index (χ0) is 12.3.